The van der Waals surface area contributed by atoms with Crippen molar-refractivity contribution >= 4 is 27.4 Å². The zero-order chi connectivity index (χ0) is 26.3. The van der Waals surface area contributed by atoms with Crippen LogP contribution >= 0.6 is 0 Å². The van der Waals surface area contributed by atoms with Crippen molar-refractivity contribution < 1.29 is 18.3 Å². The fourth-order valence-electron chi connectivity index (χ4n) is 5.48. The van der Waals surface area contributed by atoms with E-state index in [4.69, 9.17) is 0 Å². The topological polar surface area (TPSA) is 95.5 Å². The molecule has 6 nitrogen and oxygen atoms in total. The first-order valence-electron chi connectivity index (χ1n) is 12.5. The van der Waals surface area contributed by atoms with E-state index in [2.05, 4.69) is 22.2 Å². The zero-order valence-electron chi connectivity index (χ0n) is 20.4. The van der Waals surface area contributed by atoms with Crippen LogP contribution in [-0.2, 0) is 10.0 Å². The third-order valence-corrected chi connectivity index (χ3v) is 8.78. The average molecular weight is 523 g/mol. The van der Waals surface area contributed by atoms with Crippen LogP contribution < -0.4 is 10.0 Å². The second kappa shape index (κ2) is 9.50. The number of allylic oxidation sites excluding steroid dienone is 2. The van der Waals surface area contributed by atoms with Gasteiger partial charge in [0, 0.05) is 17.3 Å². The molecule has 3 N–H and O–H groups in total. The van der Waals surface area contributed by atoms with Crippen LogP contribution in [0, 0.1) is 5.92 Å². The van der Waals surface area contributed by atoms with Gasteiger partial charge in [-0.05, 0) is 77.1 Å². The van der Waals surface area contributed by atoms with Crippen LogP contribution in [-0.4, -0.2) is 19.5 Å². The number of hydrogen-bond acceptors (Lipinski definition) is 4. The molecule has 0 fully saturated rings. The summed E-state index contributed by atoms with van der Waals surface area (Å²) < 4.78 is 29.3. The number of anilines is 2. The predicted octanol–water partition coefficient (Wildman–Crippen LogP) is 6.68. The summed E-state index contributed by atoms with van der Waals surface area (Å²) in [6.45, 7) is 0. The third kappa shape index (κ3) is 4.46. The van der Waals surface area contributed by atoms with E-state index in [0.717, 1.165) is 34.4 Å². The lowest BCUT2D eigenvalue weighted by molar-refractivity contribution is 0.0697. The molecule has 1 heterocycles. The van der Waals surface area contributed by atoms with Crippen LogP contribution in [0.1, 0.15) is 39.9 Å². The highest BCUT2D eigenvalue weighted by Crippen LogP contribution is 2.50. The fraction of sp³-hybridized carbons (Fsp3) is 0.129. The molecule has 0 unspecified atom stereocenters. The van der Waals surface area contributed by atoms with Gasteiger partial charge in [0.15, 0.2) is 0 Å². The Labute approximate surface area is 221 Å². The molecule has 190 valence electrons. The van der Waals surface area contributed by atoms with Crippen molar-refractivity contribution in [2.45, 2.75) is 23.3 Å². The Morgan fingerprint density at radius 1 is 0.868 bits per heavy atom. The van der Waals surface area contributed by atoms with Gasteiger partial charge in [-0.25, -0.2) is 13.2 Å². The fourth-order valence-corrected chi connectivity index (χ4v) is 6.57. The molecule has 0 radical (unpaired) electrons. The van der Waals surface area contributed by atoms with Crippen LogP contribution in [0.3, 0.4) is 0 Å². The molecule has 3 atom stereocenters. The number of fused-ring (bicyclic) bond motifs is 3. The van der Waals surface area contributed by atoms with Gasteiger partial charge >= 0.3 is 5.97 Å². The predicted molar refractivity (Wildman–Crippen MR) is 149 cm³/mol. The Balaban J connectivity index is 1.25. The zero-order valence-corrected chi connectivity index (χ0v) is 21.2. The van der Waals surface area contributed by atoms with E-state index in [1.165, 1.54) is 0 Å². The Morgan fingerprint density at radius 3 is 2.29 bits per heavy atom. The number of rotatable bonds is 6. The Hall–Kier alpha value is -4.36. The lowest BCUT2D eigenvalue weighted by Gasteiger charge is -2.37. The van der Waals surface area contributed by atoms with Crippen molar-refractivity contribution in [1.82, 2.24) is 0 Å². The first-order chi connectivity index (χ1) is 18.4. The van der Waals surface area contributed by atoms with E-state index in [1.54, 1.807) is 36.4 Å². The maximum absolute atomic E-state index is 13.3. The molecule has 0 aromatic heterocycles. The lowest BCUT2D eigenvalue weighted by atomic mass is 9.77. The van der Waals surface area contributed by atoms with E-state index in [9.17, 15) is 18.3 Å². The van der Waals surface area contributed by atoms with Gasteiger partial charge in [0.2, 0.25) is 0 Å². The summed E-state index contributed by atoms with van der Waals surface area (Å²) in [4.78, 5) is 11.5. The summed E-state index contributed by atoms with van der Waals surface area (Å²) in [5, 5.41) is 12.8. The van der Waals surface area contributed by atoms with Crippen molar-refractivity contribution in [1.29, 1.82) is 0 Å². The number of hydrogen-bond donors (Lipinski definition) is 3. The minimum Gasteiger partial charge on any atom is -0.478 e. The van der Waals surface area contributed by atoms with Gasteiger partial charge in [0.1, 0.15) is 0 Å². The first kappa shape index (κ1) is 24.0. The molecule has 1 aliphatic heterocycles. The third-order valence-electron chi connectivity index (χ3n) is 7.41. The molecule has 1 aliphatic carbocycles. The SMILES string of the molecule is O=C(O)c1ccc([C@H]2Nc3ccc(S(=O)(=O)Nc4ccc(-c5ccccc5)cc4)cc3[C@H]3C=CC[C@H]32)cc1. The van der Waals surface area contributed by atoms with E-state index < -0.39 is 16.0 Å². The van der Waals surface area contributed by atoms with E-state index >= 15 is 0 Å². The van der Waals surface area contributed by atoms with Crippen LogP contribution in [0.5, 0.6) is 0 Å². The highest BCUT2D eigenvalue weighted by Gasteiger charge is 2.38. The van der Waals surface area contributed by atoms with Crippen LogP contribution in [0.2, 0.25) is 0 Å². The molecule has 0 saturated heterocycles. The van der Waals surface area contributed by atoms with Crippen molar-refractivity contribution in [3.8, 4) is 11.1 Å². The molecule has 0 amide bonds. The van der Waals surface area contributed by atoms with Gasteiger partial charge in [-0.1, -0.05) is 66.7 Å². The summed E-state index contributed by atoms with van der Waals surface area (Å²) in [6.07, 6.45) is 5.14. The minimum absolute atomic E-state index is 0.00550. The van der Waals surface area contributed by atoms with E-state index in [1.807, 2.05) is 60.7 Å². The molecular formula is C31H26N2O4S. The molecular weight excluding hydrogens is 496 g/mol. The van der Waals surface area contributed by atoms with Gasteiger partial charge in [0.05, 0.1) is 16.5 Å². The number of benzene rings is 4. The summed E-state index contributed by atoms with van der Waals surface area (Å²) in [7, 11) is -3.79. The van der Waals surface area contributed by atoms with Crippen molar-refractivity contribution in [3.05, 3.63) is 126 Å². The summed E-state index contributed by atoms with van der Waals surface area (Å²) in [6, 6.07) is 29.4. The average Bonchev–Trinajstić information content (AvgIpc) is 3.44. The molecule has 0 spiro atoms. The van der Waals surface area contributed by atoms with Gasteiger partial charge in [-0.2, -0.15) is 0 Å². The first-order valence-corrected chi connectivity index (χ1v) is 14.0. The molecule has 4 aromatic carbocycles. The largest absolute Gasteiger partial charge is 0.478 e. The standard InChI is InChI=1S/C31H26N2O4S/c34-31(35)23-11-9-22(10-12-23)30-27-8-4-7-26(27)28-19-25(17-18-29(28)32-30)38(36,37)33-24-15-13-21(14-16-24)20-5-2-1-3-6-20/h1-7,9-19,26-27,30,32-33H,8H2,(H,34,35)/t26-,27+,30+/m0/s1. The van der Waals surface area contributed by atoms with Gasteiger partial charge in [-0.3, -0.25) is 4.72 Å². The number of sulfonamides is 1. The number of aromatic carboxylic acids is 1. The minimum atomic E-state index is -3.79. The van der Waals surface area contributed by atoms with Crippen LogP contribution in [0.15, 0.2) is 114 Å². The van der Waals surface area contributed by atoms with Crippen molar-refractivity contribution in [2.75, 3.05) is 10.0 Å². The highest BCUT2D eigenvalue weighted by molar-refractivity contribution is 7.92. The Kier molecular flexibility index (Phi) is 6.00. The van der Waals surface area contributed by atoms with Crippen LogP contribution in [0.25, 0.3) is 11.1 Å². The Bertz CT molecular complexity index is 1630. The maximum atomic E-state index is 13.3. The van der Waals surface area contributed by atoms with Gasteiger partial charge < -0.3 is 10.4 Å². The quantitative estimate of drug-likeness (QED) is 0.246. The number of carbonyl (C=O) groups is 1. The molecule has 0 saturated carbocycles. The maximum Gasteiger partial charge on any atom is 0.335 e. The number of nitrogens with one attached hydrogen (secondary N) is 2. The molecule has 7 heteroatoms. The second-order valence-electron chi connectivity index (χ2n) is 9.70. The molecule has 2 aliphatic rings. The Morgan fingerprint density at radius 2 is 1.58 bits per heavy atom. The van der Waals surface area contributed by atoms with Crippen molar-refractivity contribution in [3.63, 3.8) is 0 Å². The van der Waals surface area contributed by atoms with Crippen molar-refractivity contribution in [2.24, 2.45) is 5.92 Å². The number of carboxylic acids is 1. The molecule has 6 rings (SSSR count). The van der Waals surface area contributed by atoms with Crippen LogP contribution in [0.4, 0.5) is 11.4 Å². The normalized spacial score (nSPS) is 19.7. The molecule has 4 aromatic rings. The monoisotopic (exact) mass is 522 g/mol. The molecule has 38 heavy (non-hydrogen) atoms. The number of carboxylic acid groups (broad SMARTS) is 1. The summed E-state index contributed by atoms with van der Waals surface area (Å²) >= 11 is 0. The molecule has 0 bridgehead atoms. The lowest BCUT2D eigenvalue weighted by Crippen LogP contribution is -2.29. The highest BCUT2D eigenvalue weighted by atomic mass is 32.2. The summed E-state index contributed by atoms with van der Waals surface area (Å²) in [5.41, 5.74) is 5.68. The van der Waals surface area contributed by atoms with Gasteiger partial charge in [-0.15, -0.1) is 0 Å². The summed E-state index contributed by atoms with van der Waals surface area (Å²) in [5.74, 6) is -0.682. The van der Waals surface area contributed by atoms with Gasteiger partial charge in [0.25, 0.3) is 10.0 Å². The smallest absolute Gasteiger partial charge is 0.335 e. The van der Waals surface area contributed by atoms with E-state index in [-0.39, 0.29) is 28.3 Å². The second-order valence-corrected chi connectivity index (χ2v) is 11.4. The van der Waals surface area contributed by atoms with E-state index in [0.29, 0.717) is 5.69 Å².